The van der Waals surface area contributed by atoms with Crippen molar-refractivity contribution in [1.29, 1.82) is 0 Å². The third-order valence-corrected chi connectivity index (χ3v) is 1.61. The van der Waals surface area contributed by atoms with Gasteiger partial charge in [-0.1, -0.05) is 6.92 Å². The van der Waals surface area contributed by atoms with Gasteiger partial charge in [-0.25, -0.2) is 0 Å². The number of rotatable bonds is 5. The lowest BCUT2D eigenvalue weighted by Gasteiger charge is -2.12. The summed E-state index contributed by atoms with van der Waals surface area (Å²) in [4.78, 5) is 21.7. The monoisotopic (exact) mass is 189 g/mol. The minimum absolute atomic E-state index is 0.0180. The molecule has 0 aromatic heterocycles. The van der Waals surface area contributed by atoms with Crippen LogP contribution in [-0.4, -0.2) is 38.7 Å². The minimum Gasteiger partial charge on any atom is -0.468 e. The first-order valence-electron chi connectivity index (χ1n) is 4.03. The van der Waals surface area contributed by atoms with E-state index in [-0.39, 0.29) is 12.5 Å². The van der Waals surface area contributed by atoms with Gasteiger partial charge in [-0.05, 0) is 6.42 Å². The quantitative estimate of drug-likeness (QED) is 0.601. The van der Waals surface area contributed by atoms with Gasteiger partial charge in [0.05, 0.1) is 20.8 Å². The molecule has 0 aromatic carbocycles. The Morgan fingerprint density at radius 1 is 1.31 bits per heavy atom. The van der Waals surface area contributed by atoms with Gasteiger partial charge in [0, 0.05) is 0 Å². The van der Waals surface area contributed by atoms with E-state index in [9.17, 15) is 9.59 Å². The molecule has 0 amide bonds. The Bertz CT molecular complexity index is 181. The summed E-state index contributed by atoms with van der Waals surface area (Å²) in [5.41, 5.74) is 0. The average molecular weight is 189 g/mol. The number of hydrogen-bond acceptors (Lipinski definition) is 5. The Balaban J connectivity index is 3.85. The molecule has 0 rings (SSSR count). The number of esters is 2. The highest BCUT2D eigenvalue weighted by atomic mass is 16.5. The van der Waals surface area contributed by atoms with Crippen molar-refractivity contribution < 1.29 is 19.1 Å². The molecule has 0 spiro atoms. The normalized spacial score (nSPS) is 11.9. The summed E-state index contributed by atoms with van der Waals surface area (Å²) >= 11 is 0. The maximum absolute atomic E-state index is 11.0. The van der Waals surface area contributed by atoms with Crippen LogP contribution in [0.15, 0.2) is 0 Å². The zero-order chi connectivity index (χ0) is 10.3. The van der Waals surface area contributed by atoms with Crippen molar-refractivity contribution in [3.63, 3.8) is 0 Å². The smallest absolute Gasteiger partial charge is 0.322 e. The van der Waals surface area contributed by atoms with Crippen LogP contribution in [0.3, 0.4) is 0 Å². The first-order valence-corrected chi connectivity index (χ1v) is 4.03. The van der Waals surface area contributed by atoms with Crippen LogP contribution < -0.4 is 5.32 Å². The van der Waals surface area contributed by atoms with Crippen LogP contribution in [-0.2, 0) is 19.1 Å². The second-order valence-corrected chi connectivity index (χ2v) is 2.44. The van der Waals surface area contributed by atoms with E-state index in [1.165, 1.54) is 14.2 Å². The van der Waals surface area contributed by atoms with E-state index in [2.05, 4.69) is 14.8 Å². The molecule has 1 unspecified atom stereocenters. The van der Waals surface area contributed by atoms with Crippen LogP contribution in [0.1, 0.15) is 13.3 Å². The predicted octanol–water partition coefficient (Wildman–Crippen LogP) is -0.299. The second kappa shape index (κ2) is 6.42. The van der Waals surface area contributed by atoms with Crippen LogP contribution in [0.4, 0.5) is 0 Å². The Hall–Kier alpha value is -1.10. The van der Waals surface area contributed by atoms with Gasteiger partial charge in [-0.15, -0.1) is 0 Å². The molecule has 13 heavy (non-hydrogen) atoms. The third kappa shape index (κ3) is 4.47. The molecule has 0 aromatic rings. The highest BCUT2D eigenvalue weighted by molar-refractivity contribution is 5.77. The van der Waals surface area contributed by atoms with Gasteiger partial charge in [-0.2, -0.15) is 0 Å². The van der Waals surface area contributed by atoms with Crippen molar-refractivity contribution in [2.45, 2.75) is 19.4 Å². The lowest BCUT2D eigenvalue weighted by atomic mass is 10.2. The third-order valence-electron chi connectivity index (χ3n) is 1.61. The molecule has 0 aliphatic heterocycles. The van der Waals surface area contributed by atoms with Gasteiger partial charge in [-0.3, -0.25) is 14.9 Å². The van der Waals surface area contributed by atoms with E-state index in [4.69, 9.17) is 0 Å². The number of nitrogens with one attached hydrogen (secondary N) is 1. The van der Waals surface area contributed by atoms with E-state index in [1.807, 2.05) is 6.92 Å². The molecule has 0 aliphatic rings. The number of hydrogen-bond donors (Lipinski definition) is 1. The summed E-state index contributed by atoms with van der Waals surface area (Å²) in [5, 5.41) is 2.72. The Morgan fingerprint density at radius 3 is 2.31 bits per heavy atom. The number of carbonyl (C=O) groups excluding carboxylic acids is 2. The molecule has 1 atom stereocenters. The highest BCUT2D eigenvalue weighted by Crippen LogP contribution is 1.93. The molecule has 0 heterocycles. The topological polar surface area (TPSA) is 64.6 Å². The van der Waals surface area contributed by atoms with Gasteiger partial charge >= 0.3 is 11.9 Å². The molecule has 0 fully saturated rings. The first kappa shape index (κ1) is 11.9. The maximum Gasteiger partial charge on any atom is 0.322 e. The number of methoxy groups -OCH3 is 2. The van der Waals surface area contributed by atoms with E-state index < -0.39 is 12.0 Å². The number of ether oxygens (including phenoxy) is 2. The van der Waals surface area contributed by atoms with Gasteiger partial charge in [0.1, 0.15) is 6.04 Å². The van der Waals surface area contributed by atoms with E-state index >= 15 is 0 Å². The highest BCUT2D eigenvalue weighted by Gasteiger charge is 2.16. The van der Waals surface area contributed by atoms with E-state index in [0.29, 0.717) is 6.42 Å². The van der Waals surface area contributed by atoms with Crippen LogP contribution in [0.25, 0.3) is 0 Å². The Labute approximate surface area is 77.4 Å². The molecule has 0 bridgehead atoms. The molecular weight excluding hydrogens is 174 g/mol. The van der Waals surface area contributed by atoms with Gasteiger partial charge < -0.3 is 9.47 Å². The SMILES string of the molecule is CCC(NCC(=O)OC)C(=O)OC. The fourth-order valence-electron chi connectivity index (χ4n) is 0.815. The molecule has 0 radical (unpaired) electrons. The molecular formula is C8H15NO4. The van der Waals surface area contributed by atoms with Crippen LogP contribution in [0.2, 0.25) is 0 Å². The van der Waals surface area contributed by atoms with Crippen LogP contribution >= 0.6 is 0 Å². The minimum atomic E-state index is -0.441. The fourth-order valence-corrected chi connectivity index (χ4v) is 0.815. The van der Waals surface area contributed by atoms with E-state index in [1.54, 1.807) is 0 Å². The van der Waals surface area contributed by atoms with Crippen molar-refractivity contribution in [3.05, 3.63) is 0 Å². The summed E-state index contributed by atoms with van der Waals surface area (Å²) in [6.07, 6.45) is 0.573. The van der Waals surface area contributed by atoms with Crippen LogP contribution in [0.5, 0.6) is 0 Å². The second-order valence-electron chi connectivity index (χ2n) is 2.44. The first-order chi connectivity index (χ1) is 6.15. The van der Waals surface area contributed by atoms with Crippen molar-refractivity contribution in [2.75, 3.05) is 20.8 Å². The molecule has 0 aliphatic carbocycles. The summed E-state index contributed by atoms with van der Waals surface area (Å²) in [7, 11) is 2.61. The molecule has 5 nitrogen and oxygen atoms in total. The van der Waals surface area contributed by atoms with Crippen molar-refractivity contribution in [2.24, 2.45) is 0 Å². The molecule has 0 saturated carbocycles. The summed E-state index contributed by atoms with van der Waals surface area (Å²) < 4.78 is 8.92. The number of carbonyl (C=O) groups is 2. The summed E-state index contributed by atoms with van der Waals surface area (Å²) in [5.74, 6) is -0.770. The van der Waals surface area contributed by atoms with Gasteiger partial charge in [0.2, 0.25) is 0 Å². The standard InChI is InChI=1S/C8H15NO4/c1-4-6(8(11)13-3)9-5-7(10)12-2/h6,9H,4-5H2,1-3H3. The lowest BCUT2D eigenvalue weighted by Crippen LogP contribution is -2.40. The average Bonchev–Trinajstić information content (AvgIpc) is 2.17. The molecule has 5 heteroatoms. The van der Waals surface area contributed by atoms with E-state index in [0.717, 1.165) is 0 Å². The zero-order valence-corrected chi connectivity index (χ0v) is 8.12. The molecule has 1 N–H and O–H groups in total. The predicted molar refractivity (Wildman–Crippen MR) is 46.1 cm³/mol. The summed E-state index contributed by atoms with van der Waals surface area (Å²) in [6, 6.07) is -0.441. The van der Waals surface area contributed by atoms with Crippen LogP contribution in [0, 0.1) is 0 Å². The zero-order valence-electron chi connectivity index (χ0n) is 8.12. The largest absolute Gasteiger partial charge is 0.468 e. The molecule has 0 saturated heterocycles. The maximum atomic E-state index is 11.0. The fraction of sp³-hybridized carbons (Fsp3) is 0.750. The van der Waals surface area contributed by atoms with Gasteiger partial charge in [0.25, 0.3) is 0 Å². The lowest BCUT2D eigenvalue weighted by molar-refractivity contribution is -0.144. The summed E-state index contributed by atoms with van der Waals surface area (Å²) in [6.45, 7) is 1.84. The van der Waals surface area contributed by atoms with Crippen molar-refractivity contribution in [1.82, 2.24) is 5.32 Å². The Morgan fingerprint density at radius 2 is 1.92 bits per heavy atom. The van der Waals surface area contributed by atoms with Crippen molar-refractivity contribution in [3.8, 4) is 0 Å². The Kier molecular flexibility index (Phi) is 5.88. The van der Waals surface area contributed by atoms with Gasteiger partial charge in [0.15, 0.2) is 0 Å². The van der Waals surface area contributed by atoms with Crippen molar-refractivity contribution >= 4 is 11.9 Å². The molecule has 76 valence electrons.